The molecule has 1 unspecified atom stereocenters. The highest BCUT2D eigenvalue weighted by atomic mass is 35.5. The molecule has 0 aliphatic rings. The van der Waals surface area contributed by atoms with Crippen LogP contribution in [0, 0.1) is 11.8 Å². The maximum absolute atomic E-state index is 13.7. The summed E-state index contributed by atoms with van der Waals surface area (Å²) in [5.41, 5.74) is 3.32. The summed E-state index contributed by atoms with van der Waals surface area (Å²) < 4.78 is 12.0. The normalized spacial score (nSPS) is 11.9. The molecule has 3 aromatic carbocycles. The Morgan fingerprint density at radius 1 is 0.929 bits per heavy atom. The van der Waals surface area contributed by atoms with Gasteiger partial charge in [0.25, 0.3) is 0 Å². The average Bonchev–Trinajstić information content (AvgIpc) is 2.98. The van der Waals surface area contributed by atoms with E-state index in [0.29, 0.717) is 41.1 Å². The van der Waals surface area contributed by atoms with E-state index in [0.717, 1.165) is 47.9 Å². The molecule has 42 heavy (non-hydrogen) atoms. The van der Waals surface area contributed by atoms with Crippen LogP contribution in [-0.2, 0) is 22.6 Å². The number of hydrogen-bond acceptors (Lipinski definition) is 4. The number of benzene rings is 3. The smallest absolute Gasteiger partial charge is 0.230 e. The summed E-state index contributed by atoms with van der Waals surface area (Å²) in [5.74, 6) is 1.27. The fourth-order valence-electron chi connectivity index (χ4n) is 4.89. The third-order valence-electron chi connectivity index (χ3n) is 7.30. The van der Waals surface area contributed by atoms with Gasteiger partial charge in [-0.05, 0) is 79.1 Å². The molecule has 3 aromatic rings. The SMILES string of the molecule is CCCOc1ccc(C(C=O)Cc2ccc(OCc3c(Cl)cccc3Cl)cc2)cc1N(CC(C)C)C(=O)C(CC)CC. The molecule has 0 fully saturated rings. The van der Waals surface area contributed by atoms with Gasteiger partial charge < -0.3 is 19.2 Å². The minimum Gasteiger partial charge on any atom is -0.491 e. The lowest BCUT2D eigenvalue weighted by Crippen LogP contribution is -2.39. The molecule has 0 spiro atoms. The fraction of sp³-hybridized carbons (Fsp3) is 0.429. The van der Waals surface area contributed by atoms with Crippen molar-refractivity contribution < 1.29 is 19.1 Å². The Kier molecular flexibility index (Phi) is 13.2. The Morgan fingerprint density at radius 2 is 1.60 bits per heavy atom. The Bertz CT molecular complexity index is 1280. The summed E-state index contributed by atoms with van der Waals surface area (Å²) in [5, 5.41) is 1.12. The van der Waals surface area contributed by atoms with Crippen molar-refractivity contribution in [3.05, 3.63) is 87.4 Å². The van der Waals surface area contributed by atoms with Crippen LogP contribution in [0.25, 0.3) is 0 Å². The van der Waals surface area contributed by atoms with Gasteiger partial charge in [-0.15, -0.1) is 0 Å². The van der Waals surface area contributed by atoms with E-state index in [1.54, 1.807) is 18.2 Å². The number of nitrogens with zero attached hydrogens (tertiary/aromatic N) is 1. The molecule has 7 heteroatoms. The highest BCUT2D eigenvalue weighted by Gasteiger charge is 2.27. The van der Waals surface area contributed by atoms with Crippen LogP contribution >= 0.6 is 23.2 Å². The molecule has 0 aliphatic heterocycles. The molecule has 1 amide bonds. The molecule has 0 aromatic heterocycles. The second-order valence-electron chi connectivity index (χ2n) is 11.0. The summed E-state index contributed by atoms with van der Waals surface area (Å²) in [6, 6.07) is 18.9. The second-order valence-corrected chi connectivity index (χ2v) is 11.8. The molecular weight excluding hydrogens is 569 g/mol. The minimum absolute atomic E-state index is 0.0667. The lowest BCUT2D eigenvalue weighted by molar-refractivity contribution is -0.122. The molecule has 0 saturated carbocycles. The van der Waals surface area contributed by atoms with Crippen LogP contribution in [0.5, 0.6) is 11.5 Å². The van der Waals surface area contributed by atoms with Gasteiger partial charge in [-0.1, -0.05) is 82.1 Å². The van der Waals surface area contributed by atoms with Gasteiger partial charge >= 0.3 is 0 Å². The monoisotopic (exact) mass is 611 g/mol. The average molecular weight is 613 g/mol. The number of amides is 1. The molecule has 0 aliphatic carbocycles. The second kappa shape index (κ2) is 16.6. The molecule has 226 valence electrons. The van der Waals surface area contributed by atoms with Crippen LogP contribution in [0.2, 0.25) is 10.0 Å². The number of anilines is 1. The van der Waals surface area contributed by atoms with E-state index in [-0.39, 0.29) is 30.3 Å². The van der Waals surface area contributed by atoms with Gasteiger partial charge in [-0.2, -0.15) is 0 Å². The number of hydrogen-bond donors (Lipinski definition) is 0. The first-order valence-electron chi connectivity index (χ1n) is 14.9. The van der Waals surface area contributed by atoms with Gasteiger partial charge in [0.15, 0.2) is 0 Å². The van der Waals surface area contributed by atoms with E-state index in [2.05, 4.69) is 34.6 Å². The Labute approximate surface area is 261 Å². The summed E-state index contributed by atoms with van der Waals surface area (Å²) in [6.07, 6.45) is 3.89. The number of ether oxygens (including phenoxy) is 2. The van der Waals surface area contributed by atoms with Gasteiger partial charge in [0, 0.05) is 34.0 Å². The van der Waals surface area contributed by atoms with E-state index >= 15 is 0 Å². The Morgan fingerprint density at radius 3 is 2.17 bits per heavy atom. The first-order valence-corrected chi connectivity index (χ1v) is 15.7. The molecule has 0 N–H and O–H groups in total. The zero-order valence-electron chi connectivity index (χ0n) is 25.4. The Hall–Kier alpha value is -3.02. The van der Waals surface area contributed by atoms with Crippen LogP contribution in [0.4, 0.5) is 5.69 Å². The summed E-state index contributed by atoms with van der Waals surface area (Å²) >= 11 is 12.5. The summed E-state index contributed by atoms with van der Waals surface area (Å²) in [6.45, 7) is 11.8. The van der Waals surface area contributed by atoms with E-state index < -0.39 is 0 Å². The number of aldehydes is 1. The third-order valence-corrected chi connectivity index (χ3v) is 8.01. The van der Waals surface area contributed by atoms with Crippen molar-refractivity contribution >= 4 is 41.1 Å². The van der Waals surface area contributed by atoms with Gasteiger partial charge in [0.2, 0.25) is 5.91 Å². The predicted octanol–water partition coefficient (Wildman–Crippen LogP) is 9.31. The van der Waals surface area contributed by atoms with E-state index in [4.69, 9.17) is 32.7 Å². The lowest BCUT2D eigenvalue weighted by atomic mass is 9.92. The number of rotatable bonds is 16. The summed E-state index contributed by atoms with van der Waals surface area (Å²) in [7, 11) is 0. The van der Waals surface area contributed by atoms with Gasteiger partial charge in [0.05, 0.1) is 12.3 Å². The molecule has 1 atom stereocenters. The van der Waals surface area contributed by atoms with Crippen molar-refractivity contribution in [1.82, 2.24) is 0 Å². The molecule has 0 heterocycles. The first-order chi connectivity index (χ1) is 20.2. The quantitative estimate of drug-likeness (QED) is 0.151. The van der Waals surface area contributed by atoms with Crippen LogP contribution in [0.1, 0.15) is 76.5 Å². The third kappa shape index (κ3) is 8.99. The van der Waals surface area contributed by atoms with Gasteiger partial charge in [0.1, 0.15) is 24.4 Å². The topological polar surface area (TPSA) is 55.8 Å². The van der Waals surface area contributed by atoms with Gasteiger partial charge in [-0.3, -0.25) is 4.79 Å². The number of carbonyl (C=O) groups excluding carboxylic acids is 2. The highest BCUT2D eigenvalue weighted by molar-refractivity contribution is 6.35. The fourth-order valence-corrected chi connectivity index (χ4v) is 5.39. The van der Waals surface area contributed by atoms with Crippen LogP contribution in [0.3, 0.4) is 0 Å². The molecular formula is C35H43Cl2NO4. The highest BCUT2D eigenvalue weighted by Crippen LogP contribution is 2.35. The molecule has 5 nitrogen and oxygen atoms in total. The molecule has 0 saturated heterocycles. The van der Waals surface area contributed by atoms with Crippen molar-refractivity contribution in [2.45, 2.75) is 72.8 Å². The van der Waals surface area contributed by atoms with Gasteiger partial charge in [-0.25, -0.2) is 0 Å². The van der Waals surface area contributed by atoms with Crippen LogP contribution < -0.4 is 14.4 Å². The number of halogens is 2. The van der Waals surface area contributed by atoms with Crippen molar-refractivity contribution in [3.63, 3.8) is 0 Å². The van der Waals surface area contributed by atoms with Crippen LogP contribution in [-0.4, -0.2) is 25.3 Å². The maximum atomic E-state index is 13.7. The van der Waals surface area contributed by atoms with Crippen molar-refractivity contribution in [2.24, 2.45) is 11.8 Å². The zero-order valence-corrected chi connectivity index (χ0v) is 26.9. The van der Waals surface area contributed by atoms with Crippen molar-refractivity contribution in [2.75, 3.05) is 18.1 Å². The predicted molar refractivity (Wildman–Crippen MR) is 173 cm³/mol. The Balaban J connectivity index is 1.85. The summed E-state index contributed by atoms with van der Waals surface area (Å²) in [4.78, 5) is 28.0. The molecule has 0 radical (unpaired) electrons. The van der Waals surface area contributed by atoms with E-state index in [1.807, 2.05) is 47.4 Å². The first kappa shape index (κ1) is 33.5. The van der Waals surface area contributed by atoms with Crippen molar-refractivity contribution in [3.8, 4) is 11.5 Å². The van der Waals surface area contributed by atoms with Crippen molar-refractivity contribution in [1.29, 1.82) is 0 Å². The minimum atomic E-state index is -0.387. The number of carbonyl (C=O) groups is 2. The standard InChI is InChI=1S/C35H43Cl2NO4/c1-6-18-41-34-17-14-27(20-33(34)38(21-24(4)5)35(40)26(7-2)8-3)28(22-39)19-25-12-15-29(16-13-25)42-23-30-31(36)10-9-11-32(30)37/h9-17,20,22,24,26,28H,6-8,18-19,21,23H2,1-5H3. The van der Waals surface area contributed by atoms with Crippen LogP contribution in [0.15, 0.2) is 60.7 Å². The largest absolute Gasteiger partial charge is 0.491 e. The maximum Gasteiger partial charge on any atom is 0.230 e. The zero-order chi connectivity index (χ0) is 30.6. The molecule has 3 rings (SSSR count). The van der Waals surface area contributed by atoms with E-state index in [1.165, 1.54) is 0 Å². The molecule has 0 bridgehead atoms. The van der Waals surface area contributed by atoms with E-state index in [9.17, 15) is 9.59 Å². The lowest BCUT2D eigenvalue weighted by Gasteiger charge is -2.30.